The normalized spacial score (nSPS) is 18.3. The number of hydrogen-bond donors (Lipinski definition) is 4. The molecule has 7 N–H and O–H groups in total. The lowest BCUT2D eigenvalue weighted by molar-refractivity contribution is -0.137. The number of halogens is 5. The second-order valence-electron chi connectivity index (χ2n) is 5.89. The molecule has 26 heavy (non-hydrogen) atoms. The van der Waals surface area contributed by atoms with Crippen molar-refractivity contribution in [3.8, 4) is 0 Å². The predicted octanol–water partition coefficient (Wildman–Crippen LogP) is 1.92. The minimum absolute atomic E-state index is 0.0786. The molecule has 1 aliphatic heterocycles. The van der Waals surface area contributed by atoms with Gasteiger partial charge in [0.2, 0.25) is 0 Å². The molecule has 1 fully saturated rings. The number of nitrogens with two attached hydrogens (primary N) is 3. The van der Waals surface area contributed by atoms with Crippen molar-refractivity contribution in [2.75, 3.05) is 23.3 Å². The Morgan fingerprint density at radius 3 is 2.19 bits per heavy atom. The van der Waals surface area contributed by atoms with Crippen LogP contribution in [0.25, 0.3) is 0 Å². The van der Waals surface area contributed by atoms with Crippen LogP contribution in [-0.2, 0) is 11.0 Å². The fraction of sp³-hybridized carbons (Fsp3) is 0.400. The largest absolute Gasteiger partial charge is 0.418 e. The first-order chi connectivity index (χ1) is 11.9. The van der Waals surface area contributed by atoms with Gasteiger partial charge in [0.25, 0.3) is 11.8 Å². The molecule has 1 amide bonds. The third kappa shape index (κ3) is 4.46. The van der Waals surface area contributed by atoms with Crippen LogP contribution in [-0.4, -0.2) is 24.9 Å². The van der Waals surface area contributed by atoms with Crippen LogP contribution in [0.15, 0.2) is 29.7 Å². The summed E-state index contributed by atoms with van der Waals surface area (Å²) in [5.74, 6) is -4.30. The third-order valence-corrected chi connectivity index (χ3v) is 3.97. The van der Waals surface area contributed by atoms with Gasteiger partial charge in [-0.2, -0.15) is 13.2 Å². The summed E-state index contributed by atoms with van der Waals surface area (Å²) in [5.41, 5.74) is 13.9. The van der Waals surface area contributed by atoms with E-state index >= 15 is 0 Å². The summed E-state index contributed by atoms with van der Waals surface area (Å²) in [4.78, 5) is 12.2. The number of hydrogen-bond acceptors (Lipinski definition) is 5. The van der Waals surface area contributed by atoms with E-state index in [9.17, 15) is 26.7 Å². The molecule has 0 aromatic heterocycles. The number of carbonyl (C=O) groups excluding carboxylic acids is 1. The standard InChI is InChI=1S/C15H18F5N5O/c16-14(17)3-5-25(6-4-14)10-2-1-8(7-9(10)15(18,19)20)24-12(22)11(21)13(23)26/h1-2,7,24H,3-6,21-22H2,(H2,23,26)/b12-11+. The van der Waals surface area contributed by atoms with E-state index in [1.165, 1.54) is 11.0 Å². The van der Waals surface area contributed by atoms with E-state index in [4.69, 9.17) is 17.2 Å². The number of alkyl halides is 5. The molecule has 1 aromatic rings. The molecular formula is C15H18F5N5O. The number of benzene rings is 1. The average molecular weight is 379 g/mol. The van der Waals surface area contributed by atoms with Gasteiger partial charge in [-0.25, -0.2) is 8.78 Å². The number of nitrogens with one attached hydrogen (secondary N) is 1. The van der Waals surface area contributed by atoms with Gasteiger partial charge in [-0.05, 0) is 18.2 Å². The molecule has 1 aromatic carbocycles. The van der Waals surface area contributed by atoms with Crippen molar-refractivity contribution in [3.63, 3.8) is 0 Å². The first-order valence-electron chi connectivity index (χ1n) is 7.57. The highest BCUT2D eigenvalue weighted by atomic mass is 19.4. The van der Waals surface area contributed by atoms with Gasteiger partial charge in [-0.1, -0.05) is 0 Å². The second kappa shape index (κ2) is 6.89. The fourth-order valence-corrected chi connectivity index (χ4v) is 2.55. The van der Waals surface area contributed by atoms with Crippen LogP contribution in [0.4, 0.5) is 33.3 Å². The molecule has 144 valence electrons. The zero-order chi connectivity index (χ0) is 19.7. The molecule has 1 saturated heterocycles. The molecule has 2 rings (SSSR count). The Bertz CT molecular complexity index is 722. The van der Waals surface area contributed by atoms with Gasteiger partial charge in [0.05, 0.1) is 5.56 Å². The van der Waals surface area contributed by atoms with Crippen LogP contribution >= 0.6 is 0 Å². The topological polar surface area (TPSA) is 110 Å². The van der Waals surface area contributed by atoms with Gasteiger partial charge in [0.1, 0.15) is 11.5 Å². The SMILES string of the molecule is NC(=O)/C(N)=C(/N)Nc1ccc(N2CCC(F)(F)CC2)c(C(F)(F)F)c1. The lowest BCUT2D eigenvalue weighted by Gasteiger charge is -2.35. The maximum Gasteiger partial charge on any atom is 0.418 e. The summed E-state index contributed by atoms with van der Waals surface area (Å²) in [6, 6.07) is 3.20. The quantitative estimate of drug-likeness (QED) is 0.472. The Kier molecular flexibility index (Phi) is 5.19. The van der Waals surface area contributed by atoms with E-state index in [0.29, 0.717) is 0 Å². The van der Waals surface area contributed by atoms with Crippen molar-refractivity contribution in [2.45, 2.75) is 24.9 Å². The van der Waals surface area contributed by atoms with E-state index < -0.39 is 47.9 Å². The maximum absolute atomic E-state index is 13.4. The Labute approximate surface area is 145 Å². The van der Waals surface area contributed by atoms with E-state index in [-0.39, 0.29) is 24.5 Å². The minimum Gasteiger partial charge on any atom is -0.391 e. The van der Waals surface area contributed by atoms with Crippen molar-refractivity contribution >= 4 is 17.3 Å². The van der Waals surface area contributed by atoms with Gasteiger partial charge < -0.3 is 27.4 Å². The first-order valence-corrected chi connectivity index (χ1v) is 7.57. The number of carbonyl (C=O) groups is 1. The smallest absolute Gasteiger partial charge is 0.391 e. The van der Waals surface area contributed by atoms with Gasteiger partial charge in [-0.3, -0.25) is 4.79 Å². The summed E-state index contributed by atoms with van der Waals surface area (Å²) in [5, 5.41) is 2.37. The molecule has 0 radical (unpaired) electrons. The Hall–Kier alpha value is -2.72. The second-order valence-corrected chi connectivity index (χ2v) is 5.89. The lowest BCUT2D eigenvalue weighted by atomic mass is 10.0. The number of rotatable bonds is 4. The summed E-state index contributed by atoms with van der Waals surface area (Å²) in [6.45, 7) is -0.390. The summed E-state index contributed by atoms with van der Waals surface area (Å²) in [7, 11) is 0. The summed E-state index contributed by atoms with van der Waals surface area (Å²) < 4.78 is 66.7. The van der Waals surface area contributed by atoms with E-state index in [2.05, 4.69) is 5.32 Å². The van der Waals surface area contributed by atoms with Gasteiger partial charge in [-0.15, -0.1) is 0 Å². The van der Waals surface area contributed by atoms with Gasteiger partial charge in [0, 0.05) is 37.3 Å². The van der Waals surface area contributed by atoms with Gasteiger partial charge in [0.15, 0.2) is 0 Å². The van der Waals surface area contributed by atoms with Crippen molar-refractivity contribution in [1.82, 2.24) is 0 Å². The molecule has 0 bridgehead atoms. The maximum atomic E-state index is 13.4. The highest BCUT2D eigenvalue weighted by Crippen LogP contribution is 2.40. The predicted molar refractivity (Wildman–Crippen MR) is 86.1 cm³/mol. The Morgan fingerprint density at radius 1 is 1.12 bits per heavy atom. The molecule has 0 unspecified atom stereocenters. The van der Waals surface area contributed by atoms with Crippen LogP contribution in [0.3, 0.4) is 0 Å². The van der Waals surface area contributed by atoms with Crippen molar-refractivity contribution < 1.29 is 26.7 Å². The summed E-state index contributed by atoms with van der Waals surface area (Å²) >= 11 is 0. The van der Waals surface area contributed by atoms with E-state index in [0.717, 1.165) is 12.1 Å². The zero-order valence-electron chi connectivity index (χ0n) is 13.5. The van der Waals surface area contributed by atoms with Crippen molar-refractivity contribution in [3.05, 3.63) is 35.3 Å². The number of piperidine rings is 1. The molecule has 0 spiro atoms. The monoisotopic (exact) mass is 379 g/mol. The zero-order valence-corrected chi connectivity index (χ0v) is 13.5. The highest BCUT2D eigenvalue weighted by Gasteiger charge is 2.39. The molecule has 11 heteroatoms. The minimum atomic E-state index is -4.72. The molecule has 1 heterocycles. The fourth-order valence-electron chi connectivity index (χ4n) is 2.55. The van der Waals surface area contributed by atoms with Crippen LogP contribution in [0.5, 0.6) is 0 Å². The third-order valence-electron chi connectivity index (χ3n) is 3.97. The Balaban J connectivity index is 2.34. The Morgan fingerprint density at radius 2 is 1.69 bits per heavy atom. The van der Waals surface area contributed by atoms with Crippen LogP contribution in [0.2, 0.25) is 0 Å². The van der Waals surface area contributed by atoms with Crippen molar-refractivity contribution in [1.29, 1.82) is 0 Å². The molecule has 0 aliphatic carbocycles. The molecule has 6 nitrogen and oxygen atoms in total. The molecular weight excluding hydrogens is 361 g/mol. The van der Waals surface area contributed by atoms with Crippen molar-refractivity contribution in [2.24, 2.45) is 17.2 Å². The molecule has 1 aliphatic rings. The average Bonchev–Trinajstić information content (AvgIpc) is 2.53. The van der Waals surface area contributed by atoms with Crippen LogP contribution < -0.4 is 27.4 Å². The number of nitrogens with zero attached hydrogens (tertiary/aromatic N) is 1. The van der Waals surface area contributed by atoms with Crippen LogP contribution in [0, 0.1) is 0 Å². The number of anilines is 2. The number of amides is 1. The number of primary amides is 1. The van der Waals surface area contributed by atoms with E-state index in [1.807, 2.05) is 0 Å². The summed E-state index contributed by atoms with van der Waals surface area (Å²) in [6.07, 6.45) is -5.76. The van der Waals surface area contributed by atoms with E-state index in [1.54, 1.807) is 0 Å². The lowest BCUT2D eigenvalue weighted by Crippen LogP contribution is -2.40. The molecule has 0 saturated carbocycles. The first kappa shape index (κ1) is 19.6. The van der Waals surface area contributed by atoms with Crippen LogP contribution in [0.1, 0.15) is 18.4 Å². The highest BCUT2D eigenvalue weighted by molar-refractivity contribution is 5.92. The molecule has 0 atom stereocenters. The van der Waals surface area contributed by atoms with Gasteiger partial charge >= 0.3 is 6.18 Å².